The van der Waals surface area contributed by atoms with Crippen molar-refractivity contribution >= 4 is 5.82 Å². The first-order valence-electron chi connectivity index (χ1n) is 9.41. The molecule has 0 saturated heterocycles. The monoisotopic (exact) mass is 415 g/mol. The third kappa shape index (κ3) is 4.12. The van der Waals surface area contributed by atoms with Crippen LogP contribution < -0.4 is 5.73 Å². The molecule has 0 aliphatic carbocycles. The highest BCUT2D eigenvalue weighted by molar-refractivity contribution is 5.82. The van der Waals surface area contributed by atoms with Gasteiger partial charge in [0, 0.05) is 11.1 Å². The lowest BCUT2D eigenvalue weighted by Crippen LogP contribution is -2.04. The zero-order valence-electron chi connectivity index (χ0n) is 16.2. The van der Waals surface area contributed by atoms with Gasteiger partial charge in [-0.2, -0.15) is 18.4 Å². The molecule has 0 unspecified atom stereocenters. The fraction of sp³-hybridized carbons (Fsp3) is 0.0400. The Hall–Kier alpha value is -4.11. The predicted molar refractivity (Wildman–Crippen MR) is 115 cm³/mol. The van der Waals surface area contributed by atoms with E-state index >= 15 is 0 Å². The van der Waals surface area contributed by atoms with Crippen LogP contribution in [0.3, 0.4) is 0 Å². The van der Waals surface area contributed by atoms with E-state index in [4.69, 9.17) is 5.73 Å². The lowest BCUT2D eigenvalue weighted by molar-refractivity contribution is -0.137. The number of aromatic nitrogens is 1. The highest BCUT2D eigenvalue weighted by Crippen LogP contribution is 2.35. The van der Waals surface area contributed by atoms with E-state index in [1.165, 1.54) is 12.1 Å². The van der Waals surface area contributed by atoms with E-state index in [1.807, 2.05) is 42.5 Å². The molecule has 0 aliphatic heterocycles. The van der Waals surface area contributed by atoms with Crippen molar-refractivity contribution in [2.24, 2.45) is 0 Å². The number of hydrogen-bond donors (Lipinski definition) is 1. The normalized spacial score (nSPS) is 11.2. The van der Waals surface area contributed by atoms with E-state index in [0.717, 1.165) is 28.8 Å². The van der Waals surface area contributed by atoms with E-state index in [1.54, 1.807) is 18.2 Å². The van der Waals surface area contributed by atoms with E-state index in [2.05, 4.69) is 11.1 Å². The topological polar surface area (TPSA) is 62.7 Å². The molecule has 4 rings (SSSR count). The summed E-state index contributed by atoms with van der Waals surface area (Å²) in [6.45, 7) is 0. The van der Waals surface area contributed by atoms with Gasteiger partial charge >= 0.3 is 6.18 Å². The number of nitrogens with two attached hydrogens (primary N) is 1. The molecule has 152 valence electrons. The van der Waals surface area contributed by atoms with Gasteiger partial charge in [-0.15, -0.1) is 0 Å². The molecular weight excluding hydrogens is 399 g/mol. The molecule has 0 atom stereocenters. The van der Waals surface area contributed by atoms with Crippen LogP contribution in [0.2, 0.25) is 0 Å². The van der Waals surface area contributed by atoms with Crippen LogP contribution in [0.25, 0.3) is 33.5 Å². The van der Waals surface area contributed by atoms with Crippen molar-refractivity contribution in [1.82, 2.24) is 4.98 Å². The Bertz CT molecular complexity index is 1270. The summed E-state index contributed by atoms with van der Waals surface area (Å²) < 4.78 is 38.6. The first kappa shape index (κ1) is 20.2. The van der Waals surface area contributed by atoms with Crippen molar-refractivity contribution in [2.45, 2.75) is 6.18 Å². The average molecular weight is 415 g/mol. The number of hydrogen-bond acceptors (Lipinski definition) is 3. The number of alkyl halides is 3. The van der Waals surface area contributed by atoms with Gasteiger partial charge in [0.15, 0.2) is 0 Å². The van der Waals surface area contributed by atoms with Crippen LogP contribution in [0.15, 0.2) is 84.9 Å². The van der Waals surface area contributed by atoms with E-state index < -0.39 is 11.7 Å². The first-order chi connectivity index (χ1) is 14.9. The molecule has 0 bridgehead atoms. The van der Waals surface area contributed by atoms with Gasteiger partial charge in [-0.05, 0) is 41.0 Å². The smallest absolute Gasteiger partial charge is 0.383 e. The minimum Gasteiger partial charge on any atom is -0.383 e. The second-order valence-corrected chi connectivity index (χ2v) is 6.95. The Kier molecular flexibility index (Phi) is 5.18. The van der Waals surface area contributed by atoms with Crippen LogP contribution >= 0.6 is 0 Å². The summed E-state index contributed by atoms with van der Waals surface area (Å²) in [5, 5.41) is 9.64. The molecule has 0 saturated carbocycles. The molecule has 0 amide bonds. The molecule has 0 spiro atoms. The van der Waals surface area contributed by atoms with Crippen molar-refractivity contribution in [3.63, 3.8) is 0 Å². The van der Waals surface area contributed by atoms with E-state index in [0.29, 0.717) is 16.8 Å². The average Bonchev–Trinajstić information content (AvgIpc) is 2.79. The Labute approximate surface area is 177 Å². The highest BCUT2D eigenvalue weighted by Gasteiger charge is 2.30. The van der Waals surface area contributed by atoms with Crippen molar-refractivity contribution in [1.29, 1.82) is 5.26 Å². The highest BCUT2D eigenvalue weighted by atomic mass is 19.4. The van der Waals surface area contributed by atoms with Gasteiger partial charge < -0.3 is 5.73 Å². The summed E-state index contributed by atoms with van der Waals surface area (Å²) >= 11 is 0. The molecule has 1 aromatic heterocycles. The first-order valence-corrected chi connectivity index (χ1v) is 9.41. The molecule has 0 aliphatic rings. The van der Waals surface area contributed by atoms with Crippen LogP contribution in [0.4, 0.5) is 19.0 Å². The second-order valence-electron chi connectivity index (χ2n) is 6.95. The summed E-state index contributed by atoms with van der Waals surface area (Å²) in [5.74, 6) is 0.124. The SMILES string of the molecule is N#Cc1c(-c2cccc(-c3ccc(C(F)(F)F)cc3)c2)cc(-c2ccccc2)nc1N. The molecule has 0 radical (unpaired) electrons. The quantitative estimate of drug-likeness (QED) is 0.412. The molecule has 3 aromatic carbocycles. The van der Waals surface area contributed by atoms with Crippen molar-refractivity contribution in [3.8, 4) is 39.6 Å². The summed E-state index contributed by atoms with van der Waals surface area (Å²) in [4.78, 5) is 4.36. The molecule has 2 N–H and O–H groups in total. The maximum atomic E-state index is 12.9. The fourth-order valence-electron chi connectivity index (χ4n) is 3.38. The summed E-state index contributed by atoms with van der Waals surface area (Å²) in [5.41, 5.74) is 9.82. The second kappa shape index (κ2) is 7.96. The number of pyridine rings is 1. The molecule has 0 fully saturated rings. The number of halogens is 3. The number of nitrogens with zero attached hydrogens (tertiary/aromatic N) is 2. The Morgan fingerprint density at radius 1 is 0.742 bits per heavy atom. The number of nitriles is 1. The third-order valence-electron chi connectivity index (χ3n) is 4.95. The predicted octanol–water partition coefficient (Wildman–Crippen LogP) is 6.56. The number of nitrogen functional groups attached to an aromatic ring is 1. The Balaban J connectivity index is 1.80. The Morgan fingerprint density at radius 2 is 1.39 bits per heavy atom. The van der Waals surface area contributed by atoms with Crippen LogP contribution in [-0.4, -0.2) is 4.98 Å². The van der Waals surface area contributed by atoms with Gasteiger partial charge in [0.2, 0.25) is 0 Å². The Morgan fingerprint density at radius 3 is 2.03 bits per heavy atom. The zero-order chi connectivity index (χ0) is 22.0. The van der Waals surface area contributed by atoms with Gasteiger partial charge in [0.05, 0.1) is 11.3 Å². The standard InChI is InChI=1S/C25H16F3N3/c26-25(27,28)20-11-9-16(10-12-20)18-7-4-8-19(13-18)21-14-23(17-5-2-1-3-6-17)31-24(30)22(21)15-29/h1-14H,(H2,30,31). The maximum Gasteiger partial charge on any atom is 0.416 e. The molecular formula is C25H16F3N3. The number of anilines is 1. The lowest BCUT2D eigenvalue weighted by Gasteiger charge is -2.12. The minimum absolute atomic E-state index is 0.124. The van der Waals surface area contributed by atoms with E-state index in [9.17, 15) is 18.4 Å². The molecule has 1 heterocycles. The number of benzene rings is 3. The summed E-state index contributed by atoms with van der Waals surface area (Å²) in [6, 6.07) is 25.6. The van der Waals surface area contributed by atoms with Gasteiger partial charge in [0.25, 0.3) is 0 Å². The third-order valence-corrected chi connectivity index (χ3v) is 4.95. The molecule has 4 aromatic rings. The van der Waals surface area contributed by atoms with Crippen LogP contribution in [0.1, 0.15) is 11.1 Å². The lowest BCUT2D eigenvalue weighted by atomic mass is 9.95. The van der Waals surface area contributed by atoms with Gasteiger partial charge in [-0.25, -0.2) is 4.98 Å². The maximum absolute atomic E-state index is 12.9. The van der Waals surface area contributed by atoms with Crippen LogP contribution in [0.5, 0.6) is 0 Å². The van der Waals surface area contributed by atoms with Gasteiger partial charge in [0.1, 0.15) is 17.5 Å². The minimum atomic E-state index is -4.38. The summed E-state index contributed by atoms with van der Waals surface area (Å²) in [7, 11) is 0. The zero-order valence-corrected chi connectivity index (χ0v) is 16.2. The molecule has 31 heavy (non-hydrogen) atoms. The van der Waals surface area contributed by atoms with Crippen LogP contribution in [0, 0.1) is 11.3 Å². The summed E-state index contributed by atoms with van der Waals surface area (Å²) in [6.07, 6.45) is -4.38. The molecule has 6 heteroatoms. The number of rotatable bonds is 3. The van der Waals surface area contributed by atoms with Crippen molar-refractivity contribution in [3.05, 3.63) is 96.1 Å². The molecule has 3 nitrogen and oxygen atoms in total. The van der Waals surface area contributed by atoms with Gasteiger partial charge in [-0.1, -0.05) is 60.7 Å². The van der Waals surface area contributed by atoms with Gasteiger partial charge in [-0.3, -0.25) is 0 Å². The van der Waals surface area contributed by atoms with Crippen LogP contribution in [-0.2, 0) is 6.18 Å². The van der Waals surface area contributed by atoms with Crippen molar-refractivity contribution in [2.75, 3.05) is 5.73 Å². The fourth-order valence-corrected chi connectivity index (χ4v) is 3.38. The largest absolute Gasteiger partial charge is 0.416 e. The van der Waals surface area contributed by atoms with E-state index in [-0.39, 0.29) is 11.4 Å². The van der Waals surface area contributed by atoms with Crippen molar-refractivity contribution < 1.29 is 13.2 Å².